The Hall–Kier alpha value is -1.87. The topological polar surface area (TPSA) is 35.2 Å². The van der Waals surface area contributed by atoms with Gasteiger partial charge in [0.15, 0.2) is 11.6 Å². The Balaban J connectivity index is 1.75. The molecule has 0 radical (unpaired) electrons. The van der Waals surface area contributed by atoms with Crippen LogP contribution in [0.2, 0.25) is 0 Å². The number of fused-ring (bicyclic) bond motifs is 1. The molecule has 2 N–H and O–H groups in total. The van der Waals surface area contributed by atoms with Crippen molar-refractivity contribution in [2.45, 2.75) is 31.2 Å². The van der Waals surface area contributed by atoms with Crippen molar-refractivity contribution in [3.8, 4) is 5.75 Å². The van der Waals surface area contributed by atoms with Gasteiger partial charge in [0.1, 0.15) is 0 Å². The van der Waals surface area contributed by atoms with E-state index in [0.717, 1.165) is 18.4 Å². The molecule has 0 amide bonds. The summed E-state index contributed by atoms with van der Waals surface area (Å²) in [6, 6.07) is 13.6. The summed E-state index contributed by atoms with van der Waals surface area (Å²) in [5, 5.41) is 0. The van der Waals surface area contributed by atoms with Gasteiger partial charge >= 0.3 is 0 Å². The molecule has 0 aliphatic heterocycles. The number of benzene rings is 2. The van der Waals surface area contributed by atoms with Gasteiger partial charge in [0.2, 0.25) is 0 Å². The third-order valence-corrected chi connectivity index (χ3v) is 4.38. The van der Waals surface area contributed by atoms with E-state index in [9.17, 15) is 4.39 Å². The zero-order valence-electron chi connectivity index (χ0n) is 12.2. The molecule has 21 heavy (non-hydrogen) atoms. The number of halogens is 1. The number of rotatable bonds is 4. The minimum absolute atomic E-state index is 0.0152. The number of ether oxygens (including phenoxy) is 1. The van der Waals surface area contributed by atoms with Crippen molar-refractivity contribution < 1.29 is 9.13 Å². The van der Waals surface area contributed by atoms with Crippen molar-refractivity contribution >= 4 is 0 Å². The zero-order chi connectivity index (χ0) is 14.8. The number of methoxy groups -OCH3 is 1. The van der Waals surface area contributed by atoms with E-state index in [2.05, 4.69) is 24.3 Å². The van der Waals surface area contributed by atoms with Gasteiger partial charge in [0, 0.05) is 6.04 Å². The van der Waals surface area contributed by atoms with E-state index in [-0.39, 0.29) is 17.6 Å². The third-order valence-electron chi connectivity index (χ3n) is 4.38. The molecule has 1 aliphatic carbocycles. The van der Waals surface area contributed by atoms with Crippen molar-refractivity contribution in [1.29, 1.82) is 0 Å². The lowest BCUT2D eigenvalue weighted by molar-refractivity contribution is 0.386. The lowest BCUT2D eigenvalue weighted by Crippen LogP contribution is -2.29. The van der Waals surface area contributed by atoms with Crippen LogP contribution in [-0.4, -0.2) is 13.2 Å². The van der Waals surface area contributed by atoms with Gasteiger partial charge in [0.25, 0.3) is 0 Å². The molecular formula is C18H20FNO. The van der Waals surface area contributed by atoms with Crippen LogP contribution in [0.15, 0.2) is 42.5 Å². The van der Waals surface area contributed by atoms with Gasteiger partial charge in [-0.1, -0.05) is 30.3 Å². The summed E-state index contributed by atoms with van der Waals surface area (Å²) in [5.41, 5.74) is 10.1. The van der Waals surface area contributed by atoms with E-state index in [1.807, 2.05) is 6.07 Å². The second kappa shape index (κ2) is 5.86. The zero-order valence-corrected chi connectivity index (χ0v) is 12.2. The van der Waals surface area contributed by atoms with Gasteiger partial charge in [-0.05, 0) is 54.0 Å². The molecule has 0 spiro atoms. The number of hydrogen-bond acceptors (Lipinski definition) is 2. The average Bonchev–Trinajstić information content (AvgIpc) is 2.91. The molecule has 0 heterocycles. The predicted octanol–water partition coefficient (Wildman–Crippen LogP) is 3.43. The Kier molecular flexibility index (Phi) is 3.93. The summed E-state index contributed by atoms with van der Waals surface area (Å²) >= 11 is 0. The number of aryl methyl sites for hydroxylation is 1. The molecule has 2 aromatic rings. The van der Waals surface area contributed by atoms with Crippen molar-refractivity contribution in [2.24, 2.45) is 5.73 Å². The standard InChI is InChI=1S/C18H20FNO/c1-21-18-9-6-12(10-16(18)19)11-17(20)15-8-7-13-4-2-3-5-14(13)15/h2-6,9-10,15,17H,7-8,11,20H2,1H3. The van der Waals surface area contributed by atoms with Crippen LogP contribution in [0.5, 0.6) is 5.75 Å². The van der Waals surface area contributed by atoms with Crippen LogP contribution in [-0.2, 0) is 12.8 Å². The molecule has 0 bridgehead atoms. The van der Waals surface area contributed by atoms with Crippen molar-refractivity contribution in [3.05, 3.63) is 65.0 Å². The monoisotopic (exact) mass is 285 g/mol. The minimum atomic E-state index is -0.325. The summed E-state index contributed by atoms with van der Waals surface area (Å²) in [7, 11) is 1.47. The maximum absolute atomic E-state index is 13.8. The minimum Gasteiger partial charge on any atom is -0.494 e. The smallest absolute Gasteiger partial charge is 0.165 e. The first-order valence-electron chi connectivity index (χ1n) is 7.35. The molecular weight excluding hydrogens is 265 g/mol. The van der Waals surface area contributed by atoms with Crippen LogP contribution in [0.25, 0.3) is 0 Å². The molecule has 1 aliphatic rings. The Morgan fingerprint density at radius 2 is 2.10 bits per heavy atom. The lowest BCUT2D eigenvalue weighted by Gasteiger charge is -2.20. The van der Waals surface area contributed by atoms with E-state index in [4.69, 9.17) is 10.5 Å². The highest BCUT2D eigenvalue weighted by Gasteiger charge is 2.27. The molecule has 0 saturated heterocycles. The molecule has 3 rings (SSSR count). The van der Waals surface area contributed by atoms with Gasteiger partial charge in [-0.2, -0.15) is 0 Å². The summed E-state index contributed by atoms with van der Waals surface area (Å²) < 4.78 is 18.7. The van der Waals surface area contributed by atoms with Gasteiger partial charge in [-0.15, -0.1) is 0 Å². The molecule has 0 saturated carbocycles. The van der Waals surface area contributed by atoms with Crippen molar-refractivity contribution in [1.82, 2.24) is 0 Å². The van der Waals surface area contributed by atoms with Crippen molar-refractivity contribution in [2.75, 3.05) is 7.11 Å². The van der Waals surface area contributed by atoms with E-state index >= 15 is 0 Å². The largest absolute Gasteiger partial charge is 0.494 e. The summed E-state index contributed by atoms with van der Waals surface area (Å²) in [6.07, 6.45) is 2.85. The van der Waals surface area contributed by atoms with E-state index < -0.39 is 0 Å². The maximum atomic E-state index is 13.8. The van der Waals surface area contributed by atoms with Crippen molar-refractivity contribution in [3.63, 3.8) is 0 Å². The number of hydrogen-bond donors (Lipinski definition) is 1. The first-order valence-corrected chi connectivity index (χ1v) is 7.35. The lowest BCUT2D eigenvalue weighted by atomic mass is 9.89. The van der Waals surface area contributed by atoms with Crippen LogP contribution in [0.1, 0.15) is 29.0 Å². The summed E-state index contributed by atoms with van der Waals surface area (Å²) in [5.74, 6) is 0.318. The van der Waals surface area contributed by atoms with Crippen LogP contribution < -0.4 is 10.5 Å². The second-order valence-corrected chi connectivity index (χ2v) is 5.68. The highest BCUT2D eigenvalue weighted by atomic mass is 19.1. The van der Waals surface area contributed by atoms with Crippen LogP contribution in [0.4, 0.5) is 4.39 Å². The highest BCUT2D eigenvalue weighted by molar-refractivity contribution is 5.37. The molecule has 0 fully saturated rings. The first-order chi connectivity index (χ1) is 10.2. The highest BCUT2D eigenvalue weighted by Crippen LogP contribution is 2.35. The summed E-state index contributed by atoms with van der Waals surface area (Å²) in [6.45, 7) is 0. The van der Waals surface area contributed by atoms with Crippen LogP contribution in [0, 0.1) is 5.82 Å². The Morgan fingerprint density at radius 1 is 1.29 bits per heavy atom. The Bertz CT molecular complexity index is 641. The molecule has 2 unspecified atom stereocenters. The van der Waals surface area contributed by atoms with E-state index in [0.29, 0.717) is 12.3 Å². The normalized spacial score (nSPS) is 18.3. The predicted molar refractivity (Wildman–Crippen MR) is 82.1 cm³/mol. The fourth-order valence-electron chi connectivity index (χ4n) is 3.29. The van der Waals surface area contributed by atoms with Gasteiger partial charge in [0.05, 0.1) is 7.11 Å². The maximum Gasteiger partial charge on any atom is 0.165 e. The molecule has 2 atom stereocenters. The number of nitrogens with two attached hydrogens (primary N) is 1. The molecule has 0 aromatic heterocycles. The molecule has 3 heteroatoms. The summed E-state index contributed by atoms with van der Waals surface area (Å²) in [4.78, 5) is 0. The van der Waals surface area contributed by atoms with Crippen LogP contribution in [0.3, 0.4) is 0 Å². The van der Waals surface area contributed by atoms with Gasteiger partial charge in [-0.25, -0.2) is 4.39 Å². The van der Waals surface area contributed by atoms with Gasteiger partial charge in [-0.3, -0.25) is 0 Å². The molecule has 2 aromatic carbocycles. The fourth-order valence-corrected chi connectivity index (χ4v) is 3.29. The Labute approximate surface area is 124 Å². The quantitative estimate of drug-likeness (QED) is 0.934. The second-order valence-electron chi connectivity index (χ2n) is 5.68. The SMILES string of the molecule is COc1ccc(CC(N)C2CCc3ccccc32)cc1F. The fraction of sp³-hybridized carbons (Fsp3) is 0.333. The van der Waals surface area contributed by atoms with E-state index in [1.54, 1.807) is 6.07 Å². The average molecular weight is 285 g/mol. The van der Waals surface area contributed by atoms with Gasteiger partial charge < -0.3 is 10.5 Å². The first kappa shape index (κ1) is 14.1. The molecule has 110 valence electrons. The third kappa shape index (κ3) is 2.79. The molecule has 2 nitrogen and oxygen atoms in total. The van der Waals surface area contributed by atoms with Crippen LogP contribution >= 0.6 is 0 Å². The Morgan fingerprint density at radius 3 is 2.86 bits per heavy atom. The van der Waals surface area contributed by atoms with E-state index in [1.165, 1.54) is 24.3 Å².